The molecule has 0 aliphatic heterocycles. The van der Waals surface area contributed by atoms with E-state index in [0.29, 0.717) is 17.5 Å². The third-order valence-electron chi connectivity index (χ3n) is 6.31. The fourth-order valence-corrected chi connectivity index (χ4v) is 4.54. The molecule has 0 radical (unpaired) electrons. The average Bonchev–Trinajstić information content (AvgIpc) is 3.46. The van der Waals surface area contributed by atoms with Gasteiger partial charge in [0.1, 0.15) is 5.82 Å². The molecule has 1 amide bonds. The predicted octanol–water partition coefficient (Wildman–Crippen LogP) is 4.80. The summed E-state index contributed by atoms with van der Waals surface area (Å²) in [6.07, 6.45) is 7.98. The van der Waals surface area contributed by atoms with Crippen molar-refractivity contribution in [3.05, 3.63) is 47.7 Å². The molecular weight excluding hydrogens is 392 g/mol. The smallest absolute Gasteiger partial charge is 0.277 e. The van der Waals surface area contributed by atoms with Crippen LogP contribution < -0.4 is 5.32 Å². The molecule has 0 saturated heterocycles. The van der Waals surface area contributed by atoms with E-state index in [4.69, 9.17) is 9.51 Å². The Morgan fingerprint density at radius 2 is 1.97 bits per heavy atom. The van der Waals surface area contributed by atoms with Gasteiger partial charge in [-0.15, -0.1) is 0 Å². The SMILES string of the molecule is Cc1c(-c2cc(C(=O)Nc3ccc4c(c3)nc(C)n4C3CCCCC3)no2)cnn1C. The van der Waals surface area contributed by atoms with Crippen molar-refractivity contribution in [2.24, 2.45) is 7.05 Å². The molecule has 0 bridgehead atoms. The zero-order valence-corrected chi connectivity index (χ0v) is 18.1. The molecule has 4 aromatic rings. The van der Waals surface area contributed by atoms with Crippen LogP contribution in [0.4, 0.5) is 5.69 Å². The number of amides is 1. The molecule has 3 aromatic heterocycles. The standard InChI is InChI=1S/C23H26N6O2/c1-14-18(13-24-28(14)3)22-12-20(27-31-22)23(30)26-16-9-10-21-19(11-16)25-15(2)29(21)17-7-5-4-6-8-17/h9-13,17H,4-8H2,1-3H3,(H,26,30). The number of carbonyl (C=O) groups excluding carboxylic acids is 1. The second-order valence-corrected chi connectivity index (χ2v) is 8.32. The minimum absolute atomic E-state index is 0.224. The molecule has 0 unspecified atom stereocenters. The lowest BCUT2D eigenvalue weighted by Gasteiger charge is -2.25. The van der Waals surface area contributed by atoms with Crippen molar-refractivity contribution in [1.29, 1.82) is 0 Å². The van der Waals surface area contributed by atoms with E-state index in [1.54, 1.807) is 16.9 Å². The van der Waals surface area contributed by atoms with Crippen LogP contribution in [0, 0.1) is 13.8 Å². The van der Waals surface area contributed by atoms with E-state index in [0.717, 1.165) is 28.1 Å². The van der Waals surface area contributed by atoms with Gasteiger partial charge in [0.05, 0.1) is 22.8 Å². The van der Waals surface area contributed by atoms with Gasteiger partial charge >= 0.3 is 0 Å². The highest BCUT2D eigenvalue weighted by molar-refractivity contribution is 6.04. The summed E-state index contributed by atoms with van der Waals surface area (Å²) in [5.74, 6) is 1.23. The number of nitrogens with one attached hydrogen (secondary N) is 1. The van der Waals surface area contributed by atoms with Crippen LogP contribution in [0.2, 0.25) is 0 Å². The van der Waals surface area contributed by atoms with Crippen molar-refractivity contribution < 1.29 is 9.32 Å². The molecule has 1 saturated carbocycles. The molecule has 0 atom stereocenters. The highest BCUT2D eigenvalue weighted by atomic mass is 16.5. The maximum atomic E-state index is 12.7. The maximum Gasteiger partial charge on any atom is 0.277 e. The van der Waals surface area contributed by atoms with Crippen LogP contribution in [0.5, 0.6) is 0 Å². The first kappa shape index (κ1) is 19.5. The molecule has 1 N–H and O–H groups in total. The number of anilines is 1. The number of fused-ring (bicyclic) bond motifs is 1. The highest BCUT2D eigenvalue weighted by Gasteiger charge is 2.21. The van der Waals surface area contributed by atoms with Gasteiger partial charge in [-0.05, 0) is 44.9 Å². The summed E-state index contributed by atoms with van der Waals surface area (Å²) in [4.78, 5) is 17.5. The number of aromatic nitrogens is 5. The van der Waals surface area contributed by atoms with Crippen LogP contribution in [0.3, 0.4) is 0 Å². The molecule has 1 aromatic carbocycles. The number of nitrogens with zero attached hydrogens (tertiary/aromatic N) is 5. The van der Waals surface area contributed by atoms with E-state index in [1.807, 2.05) is 32.2 Å². The first-order valence-electron chi connectivity index (χ1n) is 10.8. The summed E-state index contributed by atoms with van der Waals surface area (Å²) in [5.41, 5.74) is 4.69. The van der Waals surface area contributed by atoms with Crippen molar-refractivity contribution in [3.8, 4) is 11.3 Å². The molecule has 160 valence electrons. The number of imidazole rings is 1. The van der Waals surface area contributed by atoms with Crippen LogP contribution in [-0.2, 0) is 7.05 Å². The lowest BCUT2D eigenvalue weighted by molar-refractivity contribution is 0.101. The number of aryl methyl sites for hydroxylation is 2. The average molecular weight is 419 g/mol. The first-order chi connectivity index (χ1) is 15.0. The molecule has 8 heteroatoms. The monoisotopic (exact) mass is 418 g/mol. The lowest BCUT2D eigenvalue weighted by atomic mass is 9.95. The van der Waals surface area contributed by atoms with E-state index in [9.17, 15) is 4.79 Å². The second kappa shape index (κ2) is 7.68. The van der Waals surface area contributed by atoms with Crippen LogP contribution >= 0.6 is 0 Å². The second-order valence-electron chi connectivity index (χ2n) is 8.32. The Balaban J connectivity index is 1.37. The molecule has 1 aliphatic carbocycles. The maximum absolute atomic E-state index is 12.7. The minimum Gasteiger partial charge on any atom is -0.355 e. The fourth-order valence-electron chi connectivity index (χ4n) is 4.54. The molecule has 31 heavy (non-hydrogen) atoms. The van der Waals surface area contributed by atoms with Gasteiger partial charge in [0, 0.05) is 30.5 Å². The zero-order valence-electron chi connectivity index (χ0n) is 18.1. The molecular formula is C23H26N6O2. The molecule has 3 heterocycles. The quantitative estimate of drug-likeness (QED) is 0.514. The van der Waals surface area contributed by atoms with Crippen molar-refractivity contribution >= 4 is 22.6 Å². The van der Waals surface area contributed by atoms with E-state index < -0.39 is 0 Å². The third-order valence-corrected chi connectivity index (χ3v) is 6.31. The van der Waals surface area contributed by atoms with Crippen molar-refractivity contribution in [1.82, 2.24) is 24.5 Å². The zero-order chi connectivity index (χ0) is 21.5. The van der Waals surface area contributed by atoms with E-state index in [-0.39, 0.29) is 11.6 Å². The van der Waals surface area contributed by atoms with Crippen LogP contribution in [0.25, 0.3) is 22.4 Å². The summed E-state index contributed by atoms with van der Waals surface area (Å²) in [6, 6.07) is 8.05. The summed E-state index contributed by atoms with van der Waals surface area (Å²) >= 11 is 0. The predicted molar refractivity (Wildman–Crippen MR) is 118 cm³/mol. The fraction of sp³-hybridized carbons (Fsp3) is 0.391. The third kappa shape index (κ3) is 3.52. The number of hydrogen-bond donors (Lipinski definition) is 1. The Bertz CT molecular complexity index is 1260. The number of carbonyl (C=O) groups is 1. The normalized spacial score (nSPS) is 14.9. The Labute approximate surface area is 180 Å². The Morgan fingerprint density at radius 1 is 1.16 bits per heavy atom. The van der Waals surface area contributed by atoms with Gasteiger partial charge < -0.3 is 14.4 Å². The molecule has 5 rings (SSSR count). The first-order valence-corrected chi connectivity index (χ1v) is 10.8. The van der Waals surface area contributed by atoms with E-state index >= 15 is 0 Å². The molecule has 1 fully saturated rings. The van der Waals surface area contributed by atoms with Gasteiger partial charge in [0.2, 0.25) is 0 Å². The van der Waals surface area contributed by atoms with Crippen LogP contribution in [0.1, 0.15) is 60.2 Å². The van der Waals surface area contributed by atoms with Crippen LogP contribution in [-0.4, -0.2) is 30.4 Å². The van der Waals surface area contributed by atoms with E-state index in [1.165, 1.54) is 32.1 Å². The summed E-state index contributed by atoms with van der Waals surface area (Å²) in [7, 11) is 1.86. The minimum atomic E-state index is -0.320. The van der Waals surface area contributed by atoms with Crippen LogP contribution in [0.15, 0.2) is 35.0 Å². The summed E-state index contributed by atoms with van der Waals surface area (Å²) in [5, 5.41) is 11.1. The molecule has 8 nitrogen and oxygen atoms in total. The number of benzene rings is 1. The van der Waals surface area contributed by atoms with Gasteiger partial charge in [-0.1, -0.05) is 24.4 Å². The van der Waals surface area contributed by atoms with Gasteiger partial charge in [-0.2, -0.15) is 5.10 Å². The van der Waals surface area contributed by atoms with Crippen molar-refractivity contribution in [3.63, 3.8) is 0 Å². The Morgan fingerprint density at radius 3 is 2.71 bits per heavy atom. The van der Waals surface area contributed by atoms with Crippen molar-refractivity contribution in [2.45, 2.75) is 52.0 Å². The van der Waals surface area contributed by atoms with Gasteiger partial charge in [0.25, 0.3) is 5.91 Å². The summed E-state index contributed by atoms with van der Waals surface area (Å²) in [6.45, 7) is 4.00. The Hall–Kier alpha value is -3.42. The largest absolute Gasteiger partial charge is 0.355 e. The highest BCUT2D eigenvalue weighted by Crippen LogP contribution is 2.33. The number of rotatable bonds is 4. The lowest BCUT2D eigenvalue weighted by Crippen LogP contribution is -2.14. The van der Waals surface area contributed by atoms with E-state index in [2.05, 4.69) is 27.1 Å². The Kier molecular flexibility index (Phi) is 4.84. The summed E-state index contributed by atoms with van der Waals surface area (Å²) < 4.78 is 9.49. The number of hydrogen-bond acceptors (Lipinski definition) is 5. The van der Waals surface area contributed by atoms with Gasteiger partial charge in [-0.25, -0.2) is 4.98 Å². The molecule has 0 spiro atoms. The topological polar surface area (TPSA) is 90.8 Å². The van der Waals surface area contributed by atoms with Gasteiger partial charge in [-0.3, -0.25) is 9.48 Å². The van der Waals surface area contributed by atoms with Gasteiger partial charge in [0.15, 0.2) is 11.5 Å². The molecule has 1 aliphatic rings. The van der Waals surface area contributed by atoms with Crippen molar-refractivity contribution in [2.75, 3.05) is 5.32 Å².